The van der Waals surface area contributed by atoms with E-state index < -0.39 is 20.8 Å². The Morgan fingerprint density at radius 3 is 2.43 bits per heavy atom. The number of sulfone groups is 1. The van der Waals surface area contributed by atoms with Crippen molar-refractivity contribution in [2.75, 3.05) is 12.8 Å². The highest BCUT2D eigenvalue weighted by atomic mass is 35.5. The second kappa shape index (κ2) is 5.04. The number of phenols is 1. The lowest BCUT2D eigenvalue weighted by Gasteiger charge is -2.36. The van der Waals surface area contributed by atoms with Crippen molar-refractivity contribution in [1.29, 1.82) is 0 Å². The van der Waals surface area contributed by atoms with Gasteiger partial charge in [-0.2, -0.15) is 0 Å². The van der Waals surface area contributed by atoms with Gasteiger partial charge in [0.05, 0.1) is 16.0 Å². The molecule has 116 valence electrons. The molecule has 2 heterocycles. The van der Waals surface area contributed by atoms with E-state index in [4.69, 9.17) is 17.3 Å². The number of aromatic hydroxyl groups is 1. The normalized spacial score (nSPS) is 29.7. The van der Waals surface area contributed by atoms with E-state index in [0.717, 1.165) is 12.8 Å². The monoisotopic (exact) mass is 330 g/mol. The molecule has 2 fully saturated rings. The molecular weight excluding hydrogens is 312 g/mol. The van der Waals surface area contributed by atoms with Crippen molar-refractivity contribution < 1.29 is 13.5 Å². The van der Waals surface area contributed by atoms with E-state index >= 15 is 0 Å². The Kier molecular flexibility index (Phi) is 3.58. The maximum absolute atomic E-state index is 12.9. The zero-order valence-electron chi connectivity index (χ0n) is 11.8. The molecule has 0 radical (unpaired) electrons. The molecule has 0 aromatic heterocycles. The van der Waals surface area contributed by atoms with Crippen LogP contribution in [0.15, 0.2) is 17.0 Å². The van der Waals surface area contributed by atoms with Gasteiger partial charge in [-0.1, -0.05) is 11.6 Å². The van der Waals surface area contributed by atoms with Crippen molar-refractivity contribution in [2.45, 2.75) is 47.9 Å². The summed E-state index contributed by atoms with van der Waals surface area (Å²) in [5.41, 5.74) is 5.66. The summed E-state index contributed by atoms with van der Waals surface area (Å²) in [7, 11) is -1.63. The van der Waals surface area contributed by atoms with Crippen molar-refractivity contribution in [3.8, 4) is 5.75 Å². The summed E-state index contributed by atoms with van der Waals surface area (Å²) in [6, 6.07) is 3.43. The topological polar surface area (TPSA) is 83.6 Å². The first-order valence-corrected chi connectivity index (χ1v) is 8.97. The third kappa shape index (κ3) is 2.29. The van der Waals surface area contributed by atoms with Gasteiger partial charge in [-0.3, -0.25) is 0 Å². The molecule has 3 atom stereocenters. The molecule has 21 heavy (non-hydrogen) atoms. The van der Waals surface area contributed by atoms with E-state index in [2.05, 4.69) is 11.9 Å². The number of phenolic OH excluding ortho intramolecular Hbond substituents is 1. The van der Waals surface area contributed by atoms with Gasteiger partial charge in [0.1, 0.15) is 4.90 Å². The Hall–Kier alpha value is -0.980. The number of nitrogens with two attached hydrogens (primary N) is 1. The highest BCUT2D eigenvalue weighted by Gasteiger charge is 2.44. The number of anilines is 1. The van der Waals surface area contributed by atoms with Crippen LogP contribution in [-0.4, -0.2) is 42.8 Å². The SMILES string of the molecule is CN1[C@@H]2CC[C@H]1C[C@H](S(=O)(=O)c1c(Cl)ccc(N)c1O)C2. The van der Waals surface area contributed by atoms with Crippen LogP contribution in [0.25, 0.3) is 0 Å². The predicted octanol–water partition coefficient (Wildman–Crippen LogP) is 2.03. The second-order valence-electron chi connectivity index (χ2n) is 6.00. The minimum absolute atomic E-state index is 0.0352. The van der Waals surface area contributed by atoms with Crippen LogP contribution < -0.4 is 5.73 Å². The minimum atomic E-state index is -3.68. The number of hydrogen-bond acceptors (Lipinski definition) is 5. The van der Waals surface area contributed by atoms with E-state index in [-0.39, 0.29) is 15.6 Å². The molecular formula is C14H19ClN2O3S. The Morgan fingerprint density at radius 1 is 1.29 bits per heavy atom. The van der Waals surface area contributed by atoms with E-state index in [9.17, 15) is 13.5 Å². The molecule has 2 bridgehead atoms. The fourth-order valence-electron chi connectivity index (χ4n) is 3.61. The van der Waals surface area contributed by atoms with Gasteiger partial charge in [0.2, 0.25) is 0 Å². The molecule has 3 rings (SSSR count). The van der Waals surface area contributed by atoms with Gasteiger partial charge in [0.25, 0.3) is 0 Å². The first kappa shape index (κ1) is 14.9. The van der Waals surface area contributed by atoms with Crippen molar-refractivity contribution in [3.05, 3.63) is 17.2 Å². The van der Waals surface area contributed by atoms with E-state index in [1.807, 2.05) is 0 Å². The molecule has 1 aromatic rings. The van der Waals surface area contributed by atoms with Crippen LogP contribution >= 0.6 is 11.6 Å². The van der Waals surface area contributed by atoms with Crippen LogP contribution in [0.5, 0.6) is 5.75 Å². The van der Waals surface area contributed by atoms with Crippen LogP contribution in [-0.2, 0) is 9.84 Å². The van der Waals surface area contributed by atoms with Gasteiger partial charge in [-0.25, -0.2) is 8.42 Å². The Labute approximate surface area is 129 Å². The second-order valence-corrected chi connectivity index (χ2v) is 8.58. The molecule has 5 nitrogen and oxygen atoms in total. The minimum Gasteiger partial charge on any atom is -0.504 e. The van der Waals surface area contributed by atoms with E-state index in [1.54, 1.807) is 0 Å². The molecule has 2 aliphatic heterocycles. The molecule has 2 saturated heterocycles. The summed E-state index contributed by atoms with van der Waals surface area (Å²) in [6.07, 6.45) is 3.23. The lowest BCUT2D eigenvalue weighted by atomic mass is 10.0. The van der Waals surface area contributed by atoms with Crippen LogP contribution in [0.3, 0.4) is 0 Å². The van der Waals surface area contributed by atoms with Crippen molar-refractivity contribution in [3.63, 3.8) is 0 Å². The number of nitrogens with zero attached hydrogens (tertiary/aromatic N) is 1. The predicted molar refractivity (Wildman–Crippen MR) is 82.3 cm³/mol. The molecule has 0 spiro atoms. The smallest absolute Gasteiger partial charge is 0.186 e. The van der Waals surface area contributed by atoms with Gasteiger partial charge in [-0.15, -0.1) is 0 Å². The number of halogens is 1. The maximum Gasteiger partial charge on any atom is 0.186 e. The summed E-state index contributed by atoms with van der Waals surface area (Å²) in [5, 5.41) is 9.58. The summed E-state index contributed by atoms with van der Waals surface area (Å²) in [4.78, 5) is 2.06. The van der Waals surface area contributed by atoms with Gasteiger partial charge in [-0.05, 0) is 44.9 Å². The lowest BCUT2D eigenvalue weighted by Crippen LogP contribution is -2.44. The van der Waals surface area contributed by atoms with Crippen LogP contribution in [0, 0.1) is 0 Å². The highest BCUT2D eigenvalue weighted by molar-refractivity contribution is 7.92. The summed E-state index contributed by atoms with van der Waals surface area (Å²) in [6.45, 7) is 0. The number of nitrogen functional groups attached to an aromatic ring is 1. The molecule has 0 amide bonds. The summed E-state index contributed by atoms with van der Waals surface area (Å²) in [5.74, 6) is -0.422. The van der Waals surface area contributed by atoms with Gasteiger partial charge in [0, 0.05) is 12.1 Å². The average Bonchev–Trinajstić information content (AvgIpc) is 2.65. The average molecular weight is 331 g/mol. The fourth-order valence-corrected chi connectivity index (χ4v) is 6.10. The molecule has 0 aliphatic carbocycles. The van der Waals surface area contributed by atoms with E-state index in [0.29, 0.717) is 24.9 Å². The van der Waals surface area contributed by atoms with Crippen LogP contribution in [0.4, 0.5) is 5.69 Å². The van der Waals surface area contributed by atoms with Crippen molar-refractivity contribution in [2.24, 2.45) is 0 Å². The van der Waals surface area contributed by atoms with E-state index in [1.165, 1.54) is 12.1 Å². The number of rotatable bonds is 2. The number of hydrogen-bond donors (Lipinski definition) is 2. The highest BCUT2D eigenvalue weighted by Crippen LogP contribution is 2.43. The first-order chi connectivity index (χ1) is 9.82. The Morgan fingerprint density at radius 2 is 1.86 bits per heavy atom. The molecule has 0 saturated carbocycles. The standard InChI is InChI=1S/C14H19ClN2O3S/c1-17-8-2-3-9(17)7-10(6-8)21(19,20)14-11(15)4-5-12(16)13(14)18/h4-5,8-10,18H,2-3,6-7,16H2,1H3/t8-,9+,10-. The Balaban J connectivity index is 2.01. The van der Waals surface area contributed by atoms with Crippen molar-refractivity contribution in [1.82, 2.24) is 4.90 Å². The molecule has 3 N–H and O–H groups in total. The Bertz CT molecular complexity index is 663. The zero-order chi connectivity index (χ0) is 15.4. The summed E-state index contributed by atoms with van der Waals surface area (Å²) >= 11 is 6.02. The molecule has 2 aliphatic rings. The van der Waals surface area contributed by atoms with Gasteiger partial charge in [0.15, 0.2) is 15.6 Å². The van der Waals surface area contributed by atoms with Gasteiger partial charge >= 0.3 is 0 Å². The molecule has 0 unspecified atom stereocenters. The maximum atomic E-state index is 12.9. The number of piperidine rings is 1. The number of fused-ring (bicyclic) bond motifs is 2. The fraction of sp³-hybridized carbons (Fsp3) is 0.571. The van der Waals surface area contributed by atoms with Crippen LogP contribution in [0.1, 0.15) is 25.7 Å². The molecule has 1 aromatic carbocycles. The molecule has 7 heteroatoms. The first-order valence-electron chi connectivity index (χ1n) is 7.05. The summed E-state index contributed by atoms with van der Waals surface area (Å²) < 4.78 is 25.8. The third-order valence-electron chi connectivity index (χ3n) is 4.89. The van der Waals surface area contributed by atoms with Gasteiger partial charge < -0.3 is 15.7 Å². The third-order valence-corrected chi connectivity index (χ3v) is 7.56. The van der Waals surface area contributed by atoms with Crippen molar-refractivity contribution >= 4 is 27.1 Å². The zero-order valence-corrected chi connectivity index (χ0v) is 13.4. The van der Waals surface area contributed by atoms with Crippen LogP contribution in [0.2, 0.25) is 5.02 Å². The largest absolute Gasteiger partial charge is 0.504 e. The lowest BCUT2D eigenvalue weighted by molar-refractivity contribution is 0.180. The quantitative estimate of drug-likeness (QED) is 0.640. The number of benzene rings is 1.